The number of ether oxygens (including phenoxy) is 1. The molecule has 4 rings (SSSR count). The third kappa shape index (κ3) is 5.66. The van der Waals surface area contributed by atoms with Gasteiger partial charge in [-0.05, 0) is 17.7 Å². The van der Waals surface area contributed by atoms with Crippen molar-refractivity contribution in [1.29, 1.82) is 0 Å². The number of hydrogen-bond donors (Lipinski definition) is 2. The van der Waals surface area contributed by atoms with Crippen molar-refractivity contribution in [3.05, 3.63) is 84.4 Å². The van der Waals surface area contributed by atoms with Crippen molar-refractivity contribution in [3.63, 3.8) is 0 Å². The van der Waals surface area contributed by atoms with E-state index in [9.17, 15) is 9.59 Å². The number of rotatable bonds is 7. The Hall–Kier alpha value is -3.81. The van der Waals surface area contributed by atoms with Gasteiger partial charge in [0.05, 0.1) is 12.0 Å². The number of amides is 2. The maximum Gasteiger partial charge on any atom is 0.408 e. The van der Waals surface area contributed by atoms with Gasteiger partial charge in [0, 0.05) is 44.5 Å². The Labute approximate surface area is 187 Å². The predicted molar refractivity (Wildman–Crippen MR) is 121 cm³/mol. The topological polar surface area (TPSA) is 90.6 Å². The molecule has 1 aromatic heterocycles. The lowest BCUT2D eigenvalue weighted by atomic mass is 10.1. The van der Waals surface area contributed by atoms with E-state index in [1.54, 1.807) is 17.4 Å². The number of carbonyl (C=O) groups is 2. The quantitative estimate of drug-likeness (QED) is 0.598. The number of piperazine rings is 1. The van der Waals surface area contributed by atoms with Gasteiger partial charge in [0.15, 0.2) is 0 Å². The molecule has 0 saturated carbocycles. The van der Waals surface area contributed by atoms with Crippen LogP contribution in [0, 0.1) is 0 Å². The van der Waals surface area contributed by atoms with E-state index >= 15 is 0 Å². The number of alkyl carbamates (subject to hydrolysis) is 1. The second kappa shape index (κ2) is 10.5. The predicted octanol–water partition coefficient (Wildman–Crippen LogP) is 2.60. The monoisotopic (exact) mass is 433 g/mol. The minimum Gasteiger partial charge on any atom is -0.445 e. The van der Waals surface area contributed by atoms with Gasteiger partial charge in [0.1, 0.15) is 12.6 Å². The van der Waals surface area contributed by atoms with E-state index < -0.39 is 12.1 Å². The minimum atomic E-state index is -0.746. The molecule has 32 heavy (non-hydrogen) atoms. The first-order chi connectivity index (χ1) is 15.7. The number of nitrogens with one attached hydrogen (secondary N) is 2. The SMILES string of the molecule is O=C(NC(Cc1c[nH]cn1)C(=O)N1CCN(c2ccccc2)CC1)OCc1ccccc1. The van der Waals surface area contributed by atoms with Crippen molar-refractivity contribution in [2.24, 2.45) is 0 Å². The van der Waals surface area contributed by atoms with Gasteiger partial charge in [0.2, 0.25) is 5.91 Å². The van der Waals surface area contributed by atoms with Crippen molar-refractivity contribution < 1.29 is 14.3 Å². The number of imidazole rings is 1. The maximum atomic E-state index is 13.3. The van der Waals surface area contributed by atoms with Crippen molar-refractivity contribution in [3.8, 4) is 0 Å². The molecular weight excluding hydrogens is 406 g/mol. The van der Waals surface area contributed by atoms with Crippen LogP contribution in [0.2, 0.25) is 0 Å². The molecule has 166 valence electrons. The van der Waals surface area contributed by atoms with Gasteiger partial charge in [0.25, 0.3) is 0 Å². The van der Waals surface area contributed by atoms with E-state index in [0.29, 0.717) is 25.2 Å². The zero-order valence-corrected chi connectivity index (χ0v) is 17.8. The van der Waals surface area contributed by atoms with Crippen LogP contribution in [0.4, 0.5) is 10.5 Å². The number of benzene rings is 2. The Kier molecular flexibility index (Phi) is 7.01. The van der Waals surface area contributed by atoms with Crippen LogP contribution >= 0.6 is 0 Å². The Morgan fingerprint density at radius 1 is 1.00 bits per heavy atom. The summed E-state index contributed by atoms with van der Waals surface area (Å²) in [5.41, 5.74) is 2.74. The van der Waals surface area contributed by atoms with Crippen molar-refractivity contribution in [1.82, 2.24) is 20.2 Å². The molecule has 8 heteroatoms. The van der Waals surface area contributed by atoms with Crippen LogP contribution in [0.1, 0.15) is 11.3 Å². The van der Waals surface area contributed by atoms with Gasteiger partial charge in [-0.1, -0.05) is 48.5 Å². The largest absolute Gasteiger partial charge is 0.445 e. The molecule has 1 unspecified atom stereocenters. The zero-order chi connectivity index (χ0) is 22.2. The van der Waals surface area contributed by atoms with E-state index in [1.807, 2.05) is 48.5 Å². The normalized spacial score (nSPS) is 14.6. The second-order valence-corrected chi connectivity index (χ2v) is 7.67. The summed E-state index contributed by atoms with van der Waals surface area (Å²) in [7, 11) is 0. The van der Waals surface area contributed by atoms with Gasteiger partial charge in [-0.3, -0.25) is 4.79 Å². The van der Waals surface area contributed by atoms with Crippen LogP contribution in [0.15, 0.2) is 73.2 Å². The highest BCUT2D eigenvalue weighted by molar-refractivity contribution is 5.86. The number of hydrogen-bond acceptors (Lipinski definition) is 5. The number of anilines is 1. The summed E-state index contributed by atoms with van der Waals surface area (Å²) in [6.07, 6.45) is 2.96. The summed E-state index contributed by atoms with van der Waals surface area (Å²) in [6.45, 7) is 2.80. The zero-order valence-electron chi connectivity index (χ0n) is 17.8. The summed E-state index contributed by atoms with van der Waals surface area (Å²) in [6, 6.07) is 18.8. The van der Waals surface area contributed by atoms with E-state index in [-0.39, 0.29) is 12.5 Å². The highest BCUT2D eigenvalue weighted by Gasteiger charge is 2.30. The molecule has 2 N–H and O–H groups in total. The standard InChI is InChI=1S/C24H27N5O3/c30-23(29-13-11-28(12-14-29)21-9-5-2-6-10-21)22(15-20-16-25-18-26-20)27-24(31)32-17-19-7-3-1-4-8-19/h1-10,16,18,22H,11-15,17H2,(H,25,26)(H,27,31). The number of nitrogens with zero attached hydrogens (tertiary/aromatic N) is 3. The summed E-state index contributed by atoms with van der Waals surface area (Å²) < 4.78 is 5.33. The maximum absolute atomic E-state index is 13.3. The molecule has 8 nitrogen and oxygen atoms in total. The third-order valence-electron chi connectivity index (χ3n) is 5.48. The lowest BCUT2D eigenvalue weighted by molar-refractivity contribution is -0.133. The third-order valence-corrected chi connectivity index (χ3v) is 5.48. The fraction of sp³-hybridized carbons (Fsp3) is 0.292. The van der Waals surface area contributed by atoms with Crippen molar-refractivity contribution in [2.45, 2.75) is 19.1 Å². The number of aromatic nitrogens is 2. The van der Waals surface area contributed by atoms with Gasteiger partial charge in [-0.25, -0.2) is 9.78 Å². The second-order valence-electron chi connectivity index (χ2n) is 7.67. The molecule has 0 radical (unpaired) electrons. The molecule has 1 aliphatic rings. The smallest absolute Gasteiger partial charge is 0.408 e. The van der Waals surface area contributed by atoms with Gasteiger partial charge in [-0.15, -0.1) is 0 Å². The Balaban J connectivity index is 1.36. The van der Waals surface area contributed by atoms with Crippen molar-refractivity contribution >= 4 is 17.7 Å². The molecule has 3 aromatic rings. The molecule has 2 aromatic carbocycles. The van der Waals surface area contributed by atoms with Crippen LogP contribution in [-0.2, 0) is 22.6 Å². The fourth-order valence-corrected chi connectivity index (χ4v) is 3.76. The highest BCUT2D eigenvalue weighted by atomic mass is 16.5. The average Bonchev–Trinajstić information content (AvgIpc) is 3.36. The first kappa shape index (κ1) is 21.4. The van der Waals surface area contributed by atoms with E-state index in [0.717, 1.165) is 24.3 Å². The number of carbonyl (C=O) groups excluding carboxylic acids is 2. The molecule has 0 aliphatic carbocycles. The van der Waals surface area contributed by atoms with E-state index in [2.05, 4.69) is 32.3 Å². The minimum absolute atomic E-state index is 0.127. The molecular formula is C24H27N5O3. The Morgan fingerprint density at radius 3 is 2.34 bits per heavy atom. The van der Waals surface area contributed by atoms with Crippen LogP contribution in [0.3, 0.4) is 0 Å². The van der Waals surface area contributed by atoms with E-state index in [1.165, 1.54) is 0 Å². The molecule has 1 atom stereocenters. The van der Waals surface area contributed by atoms with Gasteiger partial charge >= 0.3 is 6.09 Å². The van der Waals surface area contributed by atoms with Gasteiger partial charge < -0.3 is 24.8 Å². The molecule has 1 saturated heterocycles. The first-order valence-corrected chi connectivity index (χ1v) is 10.7. The number of aromatic amines is 1. The molecule has 0 bridgehead atoms. The van der Waals surface area contributed by atoms with Crippen LogP contribution in [-0.4, -0.2) is 59.1 Å². The molecule has 0 spiro atoms. The average molecular weight is 434 g/mol. The summed E-state index contributed by atoms with van der Waals surface area (Å²) in [4.78, 5) is 36.9. The van der Waals surface area contributed by atoms with Crippen LogP contribution < -0.4 is 10.2 Å². The molecule has 2 amide bonds. The summed E-state index contributed by atoms with van der Waals surface area (Å²) in [5, 5.41) is 2.75. The highest BCUT2D eigenvalue weighted by Crippen LogP contribution is 2.16. The lowest BCUT2D eigenvalue weighted by Gasteiger charge is -2.37. The fourth-order valence-electron chi connectivity index (χ4n) is 3.76. The van der Waals surface area contributed by atoms with E-state index in [4.69, 9.17) is 4.74 Å². The van der Waals surface area contributed by atoms with Crippen LogP contribution in [0.5, 0.6) is 0 Å². The number of para-hydroxylation sites is 1. The summed E-state index contributed by atoms with van der Waals surface area (Å²) in [5.74, 6) is -0.127. The van der Waals surface area contributed by atoms with Gasteiger partial charge in [-0.2, -0.15) is 0 Å². The molecule has 1 fully saturated rings. The Morgan fingerprint density at radius 2 is 1.69 bits per heavy atom. The number of H-pyrrole nitrogens is 1. The molecule has 2 heterocycles. The van der Waals surface area contributed by atoms with Crippen molar-refractivity contribution in [2.75, 3.05) is 31.1 Å². The Bertz CT molecular complexity index is 987. The van der Waals surface area contributed by atoms with Crippen LogP contribution in [0.25, 0.3) is 0 Å². The lowest BCUT2D eigenvalue weighted by Crippen LogP contribution is -2.55. The summed E-state index contributed by atoms with van der Waals surface area (Å²) >= 11 is 0. The first-order valence-electron chi connectivity index (χ1n) is 10.7. The molecule has 1 aliphatic heterocycles.